The van der Waals surface area contributed by atoms with Gasteiger partial charge in [0.05, 0.1) is 0 Å². The Hall–Kier alpha value is -0.540. The van der Waals surface area contributed by atoms with Crippen molar-refractivity contribution in [1.29, 1.82) is 0 Å². The zero-order chi connectivity index (χ0) is 13.8. The molecule has 1 aliphatic heterocycles. The highest BCUT2D eigenvalue weighted by Crippen LogP contribution is 2.34. The fourth-order valence-corrected chi connectivity index (χ4v) is 3.41. The van der Waals surface area contributed by atoms with Crippen molar-refractivity contribution in [1.82, 2.24) is 5.32 Å². The Morgan fingerprint density at radius 3 is 2.89 bits per heavy atom. The number of anilines is 1. The van der Waals surface area contributed by atoms with Crippen molar-refractivity contribution in [2.75, 3.05) is 18.5 Å². The molecule has 0 saturated carbocycles. The van der Waals surface area contributed by atoms with Crippen molar-refractivity contribution < 1.29 is 0 Å². The third-order valence-corrected chi connectivity index (χ3v) is 4.79. The largest absolute Gasteiger partial charge is 0.368 e. The molecule has 1 aliphatic rings. The van der Waals surface area contributed by atoms with Crippen LogP contribution in [0.4, 0.5) is 5.69 Å². The summed E-state index contributed by atoms with van der Waals surface area (Å²) in [5.74, 6) is 0. The Bertz CT molecular complexity index is 419. The van der Waals surface area contributed by atoms with E-state index in [9.17, 15) is 0 Å². The van der Waals surface area contributed by atoms with E-state index in [0.29, 0.717) is 12.1 Å². The van der Waals surface area contributed by atoms with E-state index in [0.717, 1.165) is 0 Å². The SMILES string of the molecule is CCC1CCCCN1c1ccc(Br)cc1C(C)NC. The van der Waals surface area contributed by atoms with Crippen LogP contribution in [0.15, 0.2) is 22.7 Å². The molecule has 2 unspecified atom stereocenters. The first-order chi connectivity index (χ1) is 9.17. The van der Waals surface area contributed by atoms with E-state index in [-0.39, 0.29) is 0 Å². The second-order valence-electron chi connectivity index (χ2n) is 5.46. The third-order valence-electron chi connectivity index (χ3n) is 4.30. The molecule has 2 atom stereocenters. The number of piperidine rings is 1. The molecule has 1 aromatic carbocycles. The van der Waals surface area contributed by atoms with Crippen molar-refractivity contribution in [3.8, 4) is 0 Å². The number of hydrogen-bond donors (Lipinski definition) is 1. The molecule has 19 heavy (non-hydrogen) atoms. The zero-order valence-corrected chi connectivity index (χ0v) is 13.8. The van der Waals surface area contributed by atoms with E-state index in [2.05, 4.69) is 58.2 Å². The number of nitrogens with one attached hydrogen (secondary N) is 1. The van der Waals surface area contributed by atoms with Crippen molar-refractivity contribution in [3.63, 3.8) is 0 Å². The highest BCUT2D eigenvalue weighted by Gasteiger charge is 2.24. The molecule has 1 saturated heterocycles. The highest BCUT2D eigenvalue weighted by molar-refractivity contribution is 9.10. The topological polar surface area (TPSA) is 15.3 Å². The summed E-state index contributed by atoms with van der Waals surface area (Å²) in [5, 5.41) is 3.37. The average Bonchev–Trinajstić information content (AvgIpc) is 2.46. The van der Waals surface area contributed by atoms with E-state index in [1.54, 1.807) is 0 Å². The average molecular weight is 325 g/mol. The van der Waals surface area contributed by atoms with Crippen molar-refractivity contribution in [3.05, 3.63) is 28.2 Å². The molecule has 0 spiro atoms. The summed E-state index contributed by atoms with van der Waals surface area (Å²) in [6.07, 6.45) is 5.27. The lowest BCUT2D eigenvalue weighted by Gasteiger charge is -2.39. The maximum atomic E-state index is 3.60. The van der Waals surface area contributed by atoms with Crippen LogP contribution < -0.4 is 10.2 Å². The van der Waals surface area contributed by atoms with Gasteiger partial charge in [0.1, 0.15) is 0 Å². The number of nitrogens with zero attached hydrogens (tertiary/aromatic N) is 1. The second-order valence-corrected chi connectivity index (χ2v) is 6.38. The van der Waals surface area contributed by atoms with Crippen molar-refractivity contribution in [2.24, 2.45) is 0 Å². The van der Waals surface area contributed by atoms with Crippen LogP contribution in [0.1, 0.15) is 51.1 Å². The van der Waals surface area contributed by atoms with Crippen LogP contribution in [0, 0.1) is 0 Å². The summed E-state index contributed by atoms with van der Waals surface area (Å²) in [6.45, 7) is 5.74. The van der Waals surface area contributed by atoms with Crippen molar-refractivity contribution in [2.45, 2.75) is 51.6 Å². The number of rotatable bonds is 4. The third kappa shape index (κ3) is 3.32. The van der Waals surface area contributed by atoms with Gasteiger partial charge in [-0.3, -0.25) is 0 Å². The first-order valence-corrected chi connectivity index (χ1v) is 8.20. The normalized spacial score (nSPS) is 21.5. The number of hydrogen-bond acceptors (Lipinski definition) is 2. The lowest BCUT2D eigenvalue weighted by Crippen LogP contribution is -2.40. The van der Waals surface area contributed by atoms with Crippen LogP contribution in [0.25, 0.3) is 0 Å². The van der Waals surface area contributed by atoms with Gasteiger partial charge in [-0.05, 0) is 63.4 Å². The van der Waals surface area contributed by atoms with E-state index in [1.807, 2.05) is 7.05 Å². The minimum absolute atomic E-state index is 0.381. The number of halogens is 1. The Morgan fingerprint density at radius 1 is 1.42 bits per heavy atom. The summed E-state index contributed by atoms with van der Waals surface area (Å²) in [5.41, 5.74) is 2.81. The van der Waals surface area contributed by atoms with Gasteiger partial charge in [0.15, 0.2) is 0 Å². The predicted molar refractivity (Wildman–Crippen MR) is 86.9 cm³/mol. The molecule has 0 radical (unpaired) electrons. The number of benzene rings is 1. The van der Waals surface area contributed by atoms with Gasteiger partial charge in [-0.2, -0.15) is 0 Å². The lowest BCUT2D eigenvalue weighted by atomic mass is 9.96. The molecular weight excluding hydrogens is 300 g/mol. The molecule has 2 nitrogen and oxygen atoms in total. The molecule has 2 rings (SSSR count). The second kappa shape index (κ2) is 6.76. The van der Waals surface area contributed by atoms with Crippen LogP contribution in [0.2, 0.25) is 0 Å². The summed E-state index contributed by atoms with van der Waals surface area (Å²) in [7, 11) is 2.03. The van der Waals surface area contributed by atoms with E-state index >= 15 is 0 Å². The summed E-state index contributed by atoms with van der Waals surface area (Å²) >= 11 is 3.60. The first-order valence-electron chi connectivity index (χ1n) is 7.40. The molecule has 0 amide bonds. The van der Waals surface area contributed by atoms with E-state index in [1.165, 1.54) is 48.0 Å². The lowest BCUT2D eigenvalue weighted by molar-refractivity contribution is 0.447. The summed E-state index contributed by atoms with van der Waals surface area (Å²) in [4.78, 5) is 2.62. The van der Waals surface area contributed by atoms with Gasteiger partial charge in [0.2, 0.25) is 0 Å². The maximum Gasteiger partial charge on any atom is 0.0417 e. The first kappa shape index (κ1) is 14.9. The van der Waals surface area contributed by atoms with E-state index in [4.69, 9.17) is 0 Å². The smallest absolute Gasteiger partial charge is 0.0417 e. The van der Waals surface area contributed by atoms with Crippen LogP contribution in [-0.2, 0) is 0 Å². The minimum Gasteiger partial charge on any atom is -0.368 e. The van der Waals surface area contributed by atoms with E-state index < -0.39 is 0 Å². The van der Waals surface area contributed by atoms with Gasteiger partial charge < -0.3 is 10.2 Å². The predicted octanol–water partition coefficient (Wildman–Crippen LogP) is 4.50. The monoisotopic (exact) mass is 324 g/mol. The van der Waals surface area contributed by atoms with Crippen LogP contribution in [-0.4, -0.2) is 19.6 Å². The molecule has 1 aromatic rings. The van der Waals surface area contributed by atoms with Crippen molar-refractivity contribution >= 4 is 21.6 Å². The zero-order valence-electron chi connectivity index (χ0n) is 12.2. The van der Waals surface area contributed by atoms with Gasteiger partial charge >= 0.3 is 0 Å². The molecule has 0 aliphatic carbocycles. The van der Waals surface area contributed by atoms with Gasteiger partial charge in [-0.25, -0.2) is 0 Å². The molecule has 0 bridgehead atoms. The Balaban J connectivity index is 2.36. The fourth-order valence-electron chi connectivity index (χ4n) is 3.03. The van der Waals surface area contributed by atoms with Crippen LogP contribution in [0.3, 0.4) is 0 Å². The van der Waals surface area contributed by atoms with Gasteiger partial charge in [-0.1, -0.05) is 22.9 Å². The molecular formula is C16H25BrN2. The quantitative estimate of drug-likeness (QED) is 0.877. The van der Waals surface area contributed by atoms with Gasteiger partial charge in [0.25, 0.3) is 0 Å². The van der Waals surface area contributed by atoms with Gasteiger partial charge in [-0.15, -0.1) is 0 Å². The Morgan fingerprint density at radius 2 is 2.21 bits per heavy atom. The Labute approximate surface area is 125 Å². The molecule has 3 heteroatoms. The molecule has 106 valence electrons. The summed E-state index contributed by atoms with van der Waals surface area (Å²) < 4.78 is 1.17. The minimum atomic E-state index is 0.381. The Kier molecular flexibility index (Phi) is 5.28. The summed E-state index contributed by atoms with van der Waals surface area (Å²) in [6, 6.07) is 7.80. The fraction of sp³-hybridized carbons (Fsp3) is 0.625. The van der Waals surface area contributed by atoms with Crippen LogP contribution in [0.5, 0.6) is 0 Å². The highest BCUT2D eigenvalue weighted by atomic mass is 79.9. The molecule has 1 heterocycles. The molecule has 0 aromatic heterocycles. The standard InChI is InChI=1S/C16H25BrN2/c1-4-14-7-5-6-10-19(14)16-9-8-13(17)11-15(16)12(2)18-3/h8-9,11-12,14,18H,4-7,10H2,1-3H3. The molecule has 1 fully saturated rings. The van der Waals surface area contributed by atoms with Crippen LogP contribution >= 0.6 is 15.9 Å². The molecule has 1 N–H and O–H groups in total. The van der Waals surface area contributed by atoms with Gasteiger partial charge in [0, 0.05) is 28.8 Å². The maximum absolute atomic E-state index is 3.60.